The molecule has 0 aromatic carbocycles. The van der Waals surface area contributed by atoms with Crippen LogP contribution in [0.2, 0.25) is 0 Å². The third-order valence-corrected chi connectivity index (χ3v) is 4.58. The maximum absolute atomic E-state index is 5.58. The summed E-state index contributed by atoms with van der Waals surface area (Å²) in [6.45, 7) is 9.53. The van der Waals surface area contributed by atoms with Crippen molar-refractivity contribution in [2.24, 2.45) is 10.9 Å². The van der Waals surface area contributed by atoms with E-state index in [0.717, 1.165) is 50.2 Å². The minimum Gasteiger partial charge on any atom is -0.444 e. The van der Waals surface area contributed by atoms with E-state index in [2.05, 4.69) is 25.5 Å². The minimum atomic E-state index is 0. The van der Waals surface area contributed by atoms with Crippen LogP contribution in [-0.2, 0) is 11.3 Å². The number of halogens is 1. The number of aliphatic imine (C=N–C) groups is 1. The first kappa shape index (κ1) is 22.2. The van der Waals surface area contributed by atoms with E-state index in [9.17, 15) is 0 Å². The van der Waals surface area contributed by atoms with Crippen LogP contribution in [0.1, 0.15) is 30.2 Å². The summed E-state index contributed by atoms with van der Waals surface area (Å²) in [5.41, 5.74) is 0.940. The second kappa shape index (κ2) is 11.7. The molecular weight excluding hydrogens is 433 g/mol. The Morgan fingerprint density at radius 1 is 1.32 bits per heavy atom. The molecule has 0 radical (unpaired) electrons. The van der Waals surface area contributed by atoms with Gasteiger partial charge >= 0.3 is 0 Å². The lowest BCUT2D eigenvalue weighted by atomic mass is 9.97. The van der Waals surface area contributed by atoms with E-state index in [-0.39, 0.29) is 24.0 Å². The highest BCUT2D eigenvalue weighted by atomic mass is 127. The third kappa shape index (κ3) is 7.49. The van der Waals surface area contributed by atoms with Crippen molar-refractivity contribution in [3.63, 3.8) is 0 Å². The Bertz CT molecular complexity index is 508. The Labute approximate surface area is 168 Å². The Balaban J connectivity index is 0.00000312. The number of aryl methyl sites for hydroxylation is 2. The molecule has 0 amide bonds. The zero-order chi connectivity index (χ0) is 17.4. The molecule has 0 atom stereocenters. The van der Waals surface area contributed by atoms with Crippen LogP contribution in [0.15, 0.2) is 9.41 Å². The van der Waals surface area contributed by atoms with Gasteiger partial charge < -0.3 is 24.7 Å². The van der Waals surface area contributed by atoms with Crippen LogP contribution in [0.3, 0.4) is 0 Å². The number of hydrogen-bond donors (Lipinski definition) is 2. The first-order valence-electron chi connectivity index (χ1n) is 8.71. The zero-order valence-corrected chi connectivity index (χ0v) is 18.1. The van der Waals surface area contributed by atoms with Gasteiger partial charge in [-0.2, -0.15) is 0 Å². The van der Waals surface area contributed by atoms with E-state index >= 15 is 0 Å². The van der Waals surface area contributed by atoms with Gasteiger partial charge in [-0.3, -0.25) is 4.99 Å². The molecule has 2 N–H and O–H groups in total. The number of nitrogens with zero attached hydrogens (tertiary/aromatic N) is 3. The fraction of sp³-hybridized carbons (Fsp3) is 0.765. The zero-order valence-electron chi connectivity index (χ0n) is 15.8. The van der Waals surface area contributed by atoms with Gasteiger partial charge in [-0.25, -0.2) is 4.98 Å². The predicted molar refractivity (Wildman–Crippen MR) is 111 cm³/mol. The molecule has 1 aromatic heterocycles. The van der Waals surface area contributed by atoms with Gasteiger partial charge in [-0.15, -0.1) is 24.0 Å². The smallest absolute Gasteiger partial charge is 0.214 e. The van der Waals surface area contributed by atoms with Crippen LogP contribution < -0.4 is 10.6 Å². The molecular formula is C17H32IN5O2. The molecule has 25 heavy (non-hydrogen) atoms. The maximum Gasteiger partial charge on any atom is 0.214 e. The lowest BCUT2D eigenvalue weighted by Gasteiger charge is -2.32. The van der Waals surface area contributed by atoms with Gasteiger partial charge in [0.05, 0.1) is 18.8 Å². The molecule has 0 spiro atoms. The van der Waals surface area contributed by atoms with Crippen molar-refractivity contribution in [2.45, 2.75) is 33.2 Å². The molecule has 144 valence electrons. The Hall–Kier alpha value is -0.870. The number of aromatic nitrogens is 1. The molecule has 0 unspecified atom stereocenters. The minimum absolute atomic E-state index is 0. The lowest BCUT2D eigenvalue weighted by Crippen LogP contribution is -2.43. The van der Waals surface area contributed by atoms with Crippen LogP contribution in [0, 0.1) is 19.8 Å². The quantitative estimate of drug-likeness (QED) is 0.364. The molecule has 1 saturated heterocycles. The summed E-state index contributed by atoms with van der Waals surface area (Å²) in [5.74, 6) is 3.05. The van der Waals surface area contributed by atoms with Crippen molar-refractivity contribution in [3.8, 4) is 0 Å². The van der Waals surface area contributed by atoms with Crippen molar-refractivity contribution in [1.29, 1.82) is 0 Å². The molecule has 7 nitrogen and oxygen atoms in total. The van der Waals surface area contributed by atoms with Gasteiger partial charge in [0.15, 0.2) is 5.96 Å². The van der Waals surface area contributed by atoms with Gasteiger partial charge in [-0.05, 0) is 45.7 Å². The van der Waals surface area contributed by atoms with Crippen LogP contribution >= 0.6 is 24.0 Å². The topological polar surface area (TPSA) is 74.9 Å². The molecule has 0 aliphatic carbocycles. The summed E-state index contributed by atoms with van der Waals surface area (Å²) in [4.78, 5) is 11.1. The highest BCUT2D eigenvalue weighted by Crippen LogP contribution is 2.16. The summed E-state index contributed by atoms with van der Waals surface area (Å²) in [7, 11) is 3.55. The first-order chi connectivity index (χ1) is 11.6. The highest BCUT2D eigenvalue weighted by molar-refractivity contribution is 14.0. The fourth-order valence-corrected chi connectivity index (χ4v) is 2.87. The number of methoxy groups -OCH3 is 1. The number of oxazole rings is 1. The average Bonchev–Trinajstić information content (AvgIpc) is 2.92. The normalized spacial score (nSPS) is 16.6. The SMILES string of the molecule is CN=C(NCc1nc(C)c(C)o1)NCC1CCN(CCOC)CC1.I. The van der Waals surface area contributed by atoms with E-state index in [4.69, 9.17) is 9.15 Å². The summed E-state index contributed by atoms with van der Waals surface area (Å²) < 4.78 is 10.7. The molecule has 0 bridgehead atoms. The van der Waals surface area contributed by atoms with Gasteiger partial charge in [0.1, 0.15) is 5.76 Å². The van der Waals surface area contributed by atoms with Crippen molar-refractivity contribution in [3.05, 3.63) is 17.3 Å². The van der Waals surface area contributed by atoms with E-state index in [1.807, 2.05) is 13.8 Å². The van der Waals surface area contributed by atoms with Crippen LogP contribution in [0.4, 0.5) is 0 Å². The Morgan fingerprint density at radius 3 is 2.60 bits per heavy atom. The second-order valence-electron chi connectivity index (χ2n) is 6.33. The fourth-order valence-electron chi connectivity index (χ4n) is 2.87. The molecule has 2 rings (SSSR count). The summed E-state index contributed by atoms with van der Waals surface area (Å²) in [5, 5.41) is 6.67. The molecule has 1 aliphatic rings. The third-order valence-electron chi connectivity index (χ3n) is 4.58. The summed E-state index contributed by atoms with van der Waals surface area (Å²) in [6, 6.07) is 0. The number of hydrogen-bond acceptors (Lipinski definition) is 5. The molecule has 8 heteroatoms. The second-order valence-corrected chi connectivity index (χ2v) is 6.33. The van der Waals surface area contributed by atoms with Crippen LogP contribution in [0.25, 0.3) is 0 Å². The largest absolute Gasteiger partial charge is 0.444 e. The maximum atomic E-state index is 5.58. The average molecular weight is 465 g/mol. The van der Waals surface area contributed by atoms with Crippen molar-refractivity contribution < 1.29 is 9.15 Å². The standard InChI is InChI=1S/C17H31N5O2.HI/c1-13-14(2)24-16(21-13)12-20-17(18-3)19-11-15-5-7-22(8-6-15)9-10-23-4;/h15H,5-12H2,1-4H3,(H2,18,19,20);1H. The molecule has 2 heterocycles. The number of nitrogens with one attached hydrogen (secondary N) is 2. The van der Waals surface area contributed by atoms with Gasteiger partial charge in [0, 0.05) is 27.2 Å². The molecule has 0 saturated carbocycles. The first-order valence-corrected chi connectivity index (χ1v) is 8.71. The Morgan fingerprint density at radius 2 is 2.04 bits per heavy atom. The van der Waals surface area contributed by atoms with Crippen LogP contribution in [0.5, 0.6) is 0 Å². The van der Waals surface area contributed by atoms with Crippen LogP contribution in [-0.4, -0.2) is 62.8 Å². The van der Waals surface area contributed by atoms with Crippen molar-refractivity contribution in [2.75, 3.05) is 46.9 Å². The van der Waals surface area contributed by atoms with Gasteiger partial charge in [-0.1, -0.05) is 0 Å². The molecule has 1 aliphatic heterocycles. The highest BCUT2D eigenvalue weighted by Gasteiger charge is 2.19. The number of guanidine groups is 1. The number of piperidine rings is 1. The van der Waals surface area contributed by atoms with Crippen molar-refractivity contribution >= 4 is 29.9 Å². The van der Waals surface area contributed by atoms with E-state index in [0.29, 0.717) is 18.4 Å². The number of ether oxygens (including phenoxy) is 1. The van der Waals surface area contributed by atoms with Gasteiger partial charge in [0.25, 0.3) is 0 Å². The Kier molecular flexibility index (Phi) is 10.4. The molecule has 1 aromatic rings. The summed E-state index contributed by atoms with van der Waals surface area (Å²) in [6.07, 6.45) is 2.43. The molecule has 1 fully saturated rings. The number of rotatable bonds is 7. The summed E-state index contributed by atoms with van der Waals surface area (Å²) >= 11 is 0. The van der Waals surface area contributed by atoms with E-state index < -0.39 is 0 Å². The monoisotopic (exact) mass is 465 g/mol. The van der Waals surface area contributed by atoms with E-state index in [1.165, 1.54) is 12.8 Å². The lowest BCUT2D eigenvalue weighted by molar-refractivity contribution is 0.121. The van der Waals surface area contributed by atoms with E-state index in [1.54, 1.807) is 14.2 Å². The number of likely N-dealkylation sites (tertiary alicyclic amines) is 1. The predicted octanol–water partition coefficient (Wildman–Crippen LogP) is 1.93. The van der Waals surface area contributed by atoms with Gasteiger partial charge in [0.2, 0.25) is 5.89 Å². The van der Waals surface area contributed by atoms with Crippen molar-refractivity contribution in [1.82, 2.24) is 20.5 Å².